The number of rotatable bonds is 9. The minimum Gasteiger partial charge on any atom is -0.368 e. The Labute approximate surface area is 169 Å². The van der Waals surface area contributed by atoms with E-state index < -0.39 is 17.9 Å². The van der Waals surface area contributed by atoms with Crippen LogP contribution in [0.25, 0.3) is 0 Å². The summed E-state index contributed by atoms with van der Waals surface area (Å²) < 4.78 is 0. The van der Waals surface area contributed by atoms with Gasteiger partial charge in [-0.2, -0.15) is 5.26 Å². The lowest BCUT2D eigenvalue weighted by molar-refractivity contribution is -0.129. The Morgan fingerprint density at radius 1 is 0.966 bits per heavy atom. The van der Waals surface area contributed by atoms with E-state index in [1.54, 1.807) is 24.3 Å². The predicted molar refractivity (Wildman–Crippen MR) is 108 cm³/mol. The van der Waals surface area contributed by atoms with Crippen molar-refractivity contribution < 1.29 is 14.4 Å². The first kappa shape index (κ1) is 21.6. The summed E-state index contributed by atoms with van der Waals surface area (Å²) in [5.41, 5.74) is 7.40. The van der Waals surface area contributed by atoms with Gasteiger partial charge in [-0.25, -0.2) is 0 Å². The average Bonchev–Trinajstić information content (AvgIpc) is 2.72. The summed E-state index contributed by atoms with van der Waals surface area (Å²) in [4.78, 5) is 36.0. The number of benzene rings is 2. The summed E-state index contributed by atoms with van der Waals surface area (Å²) in [5.74, 6) is -1.42. The van der Waals surface area contributed by atoms with E-state index in [2.05, 4.69) is 10.6 Å². The van der Waals surface area contributed by atoms with E-state index >= 15 is 0 Å². The van der Waals surface area contributed by atoms with Gasteiger partial charge >= 0.3 is 0 Å². The molecule has 2 atom stereocenters. The van der Waals surface area contributed by atoms with Gasteiger partial charge in [0.25, 0.3) is 0 Å². The van der Waals surface area contributed by atoms with Gasteiger partial charge in [0.05, 0.1) is 17.7 Å². The largest absolute Gasteiger partial charge is 0.368 e. The number of hydrogen-bond donors (Lipinski definition) is 3. The first-order chi connectivity index (χ1) is 13.9. The fraction of sp³-hybridized carbons (Fsp3) is 0.273. The maximum atomic E-state index is 12.2. The van der Waals surface area contributed by atoms with Crippen molar-refractivity contribution in [2.75, 3.05) is 0 Å². The molecule has 0 aliphatic carbocycles. The summed E-state index contributed by atoms with van der Waals surface area (Å²) in [6, 6.07) is 17.2. The maximum absolute atomic E-state index is 12.2. The third-order valence-corrected chi connectivity index (χ3v) is 4.50. The molecule has 0 saturated heterocycles. The molecule has 2 aromatic carbocycles. The van der Waals surface area contributed by atoms with E-state index in [1.807, 2.05) is 43.3 Å². The van der Waals surface area contributed by atoms with Crippen LogP contribution in [0.5, 0.6) is 0 Å². The number of hydrogen-bond acceptors (Lipinski definition) is 4. The molecule has 3 amide bonds. The Morgan fingerprint density at radius 2 is 1.55 bits per heavy atom. The molecule has 0 unspecified atom stereocenters. The zero-order chi connectivity index (χ0) is 21.2. The number of nitrogens with two attached hydrogens (primary N) is 1. The Balaban J connectivity index is 1.86. The number of nitriles is 1. The third-order valence-electron chi connectivity index (χ3n) is 4.50. The molecular formula is C22H24N4O3. The highest BCUT2D eigenvalue weighted by molar-refractivity contribution is 5.89. The normalized spacial score (nSPS) is 12.3. The average molecular weight is 392 g/mol. The minimum atomic E-state index is -0.955. The van der Waals surface area contributed by atoms with Crippen molar-refractivity contribution >= 4 is 17.7 Å². The van der Waals surface area contributed by atoms with Crippen LogP contribution in [0.15, 0.2) is 54.6 Å². The molecule has 0 saturated carbocycles. The standard InChI is InChI=1S/C22H24N4O3/c1-15(16-7-3-2-4-8-16)25-20(27)11-12-21(28)26-19(22(24)29)13-17-9-5-6-10-18(17)14-23/h2-10,15,19H,11-13H2,1H3,(H2,24,29)(H,25,27)(H,26,28)/t15-,19-/m1/s1. The first-order valence-electron chi connectivity index (χ1n) is 9.31. The van der Waals surface area contributed by atoms with Crippen LogP contribution in [0.2, 0.25) is 0 Å². The lowest BCUT2D eigenvalue weighted by Gasteiger charge is -2.17. The zero-order valence-electron chi connectivity index (χ0n) is 16.2. The highest BCUT2D eigenvalue weighted by Crippen LogP contribution is 2.12. The molecule has 0 radical (unpaired) electrons. The SMILES string of the molecule is C[C@@H](NC(=O)CCC(=O)N[C@H](Cc1ccccc1C#N)C(N)=O)c1ccccc1. The number of nitrogens with one attached hydrogen (secondary N) is 2. The molecule has 0 aliphatic rings. The van der Waals surface area contributed by atoms with Gasteiger partial charge in [-0.15, -0.1) is 0 Å². The zero-order valence-corrected chi connectivity index (χ0v) is 16.2. The van der Waals surface area contributed by atoms with E-state index in [0.29, 0.717) is 11.1 Å². The Bertz CT molecular complexity index is 906. The van der Waals surface area contributed by atoms with Crippen molar-refractivity contribution in [2.24, 2.45) is 5.73 Å². The van der Waals surface area contributed by atoms with Gasteiger partial charge in [0, 0.05) is 19.3 Å². The molecule has 0 fully saturated rings. The van der Waals surface area contributed by atoms with E-state index in [0.717, 1.165) is 5.56 Å². The van der Waals surface area contributed by atoms with Crippen LogP contribution in [0.1, 0.15) is 42.5 Å². The number of carbonyl (C=O) groups is 3. The maximum Gasteiger partial charge on any atom is 0.240 e. The van der Waals surface area contributed by atoms with Crippen LogP contribution in [-0.2, 0) is 20.8 Å². The molecule has 29 heavy (non-hydrogen) atoms. The second-order valence-corrected chi connectivity index (χ2v) is 6.70. The molecule has 0 bridgehead atoms. The summed E-state index contributed by atoms with van der Waals surface area (Å²) in [6.45, 7) is 1.86. The first-order valence-corrected chi connectivity index (χ1v) is 9.31. The van der Waals surface area contributed by atoms with Gasteiger partial charge < -0.3 is 16.4 Å². The Kier molecular flexibility index (Phi) is 7.92. The predicted octanol–water partition coefficient (Wildman–Crippen LogP) is 1.73. The minimum absolute atomic E-state index is 0.0106. The summed E-state index contributed by atoms with van der Waals surface area (Å²) >= 11 is 0. The van der Waals surface area contributed by atoms with Gasteiger partial charge in [0.2, 0.25) is 17.7 Å². The molecule has 2 aromatic rings. The van der Waals surface area contributed by atoms with Crippen LogP contribution >= 0.6 is 0 Å². The van der Waals surface area contributed by atoms with E-state index in [1.165, 1.54) is 0 Å². The summed E-state index contributed by atoms with van der Waals surface area (Å²) in [6.07, 6.45) is 0.0301. The lowest BCUT2D eigenvalue weighted by atomic mass is 10.0. The lowest BCUT2D eigenvalue weighted by Crippen LogP contribution is -2.46. The highest BCUT2D eigenvalue weighted by Gasteiger charge is 2.20. The van der Waals surface area contributed by atoms with Crippen LogP contribution in [0.4, 0.5) is 0 Å². The van der Waals surface area contributed by atoms with Gasteiger partial charge in [0.15, 0.2) is 0 Å². The van der Waals surface area contributed by atoms with Crippen molar-refractivity contribution in [1.29, 1.82) is 5.26 Å². The smallest absolute Gasteiger partial charge is 0.240 e. The van der Waals surface area contributed by atoms with Crippen molar-refractivity contribution in [3.05, 3.63) is 71.3 Å². The van der Waals surface area contributed by atoms with Crippen molar-refractivity contribution in [3.63, 3.8) is 0 Å². The van der Waals surface area contributed by atoms with Gasteiger partial charge in [-0.3, -0.25) is 14.4 Å². The number of primary amides is 1. The van der Waals surface area contributed by atoms with Crippen molar-refractivity contribution in [1.82, 2.24) is 10.6 Å². The van der Waals surface area contributed by atoms with Crippen LogP contribution < -0.4 is 16.4 Å². The van der Waals surface area contributed by atoms with Crippen molar-refractivity contribution in [2.45, 2.75) is 38.3 Å². The van der Waals surface area contributed by atoms with E-state index in [9.17, 15) is 14.4 Å². The summed E-state index contributed by atoms with van der Waals surface area (Å²) in [5, 5.41) is 14.5. The number of nitrogens with zero attached hydrogens (tertiary/aromatic N) is 1. The molecule has 0 spiro atoms. The summed E-state index contributed by atoms with van der Waals surface area (Å²) in [7, 11) is 0. The van der Waals surface area contributed by atoms with E-state index in [4.69, 9.17) is 11.0 Å². The highest BCUT2D eigenvalue weighted by atomic mass is 16.2. The van der Waals surface area contributed by atoms with Crippen LogP contribution in [0, 0.1) is 11.3 Å². The molecule has 0 aromatic heterocycles. The fourth-order valence-corrected chi connectivity index (χ4v) is 2.88. The van der Waals surface area contributed by atoms with Crippen LogP contribution in [-0.4, -0.2) is 23.8 Å². The third kappa shape index (κ3) is 6.78. The van der Waals surface area contributed by atoms with Gasteiger partial charge in [-0.1, -0.05) is 48.5 Å². The fourth-order valence-electron chi connectivity index (χ4n) is 2.88. The Morgan fingerprint density at radius 3 is 2.17 bits per heavy atom. The molecule has 2 rings (SSSR count). The number of carbonyl (C=O) groups excluding carboxylic acids is 3. The second-order valence-electron chi connectivity index (χ2n) is 6.70. The molecular weight excluding hydrogens is 368 g/mol. The van der Waals surface area contributed by atoms with Gasteiger partial charge in [0.1, 0.15) is 6.04 Å². The molecule has 150 valence electrons. The number of amides is 3. The molecule has 0 aliphatic heterocycles. The van der Waals surface area contributed by atoms with E-state index in [-0.39, 0.29) is 31.2 Å². The van der Waals surface area contributed by atoms with Crippen LogP contribution in [0.3, 0.4) is 0 Å². The molecule has 4 N–H and O–H groups in total. The van der Waals surface area contributed by atoms with Crippen molar-refractivity contribution in [3.8, 4) is 6.07 Å². The monoisotopic (exact) mass is 392 g/mol. The molecule has 7 heteroatoms. The molecule has 7 nitrogen and oxygen atoms in total. The molecule has 0 heterocycles. The Hall–Kier alpha value is -3.66. The second kappa shape index (κ2) is 10.6. The topological polar surface area (TPSA) is 125 Å². The quantitative estimate of drug-likeness (QED) is 0.601. The van der Waals surface area contributed by atoms with Gasteiger partial charge in [-0.05, 0) is 24.1 Å².